The van der Waals surface area contributed by atoms with Gasteiger partial charge in [0.1, 0.15) is 12.1 Å². The van der Waals surface area contributed by atoms with Gasteiger partial charge in [0.05, 0.1) is 6.04 Å². The van der Waals surface area contributed by atoms with Gasteiger partial charge in [-0.1, -0.05) is 75.2 Å². The molecule has 0 aromatic heterocycles. The molecule has 0 bridgehead atoms. The molecule has 5 N–H and O–H groups in total. The number of benzene rings is 2. The van der Waals surface area contributed by atoms with Crippen molar-refractivity contribution < 1.29 is 29.0 Å². The molecule has 1 aliphatic carbocycles. The van der Waals surface area contributed by atoms with E-state index in [2.05, 4.69) is 21.3 Å². The number of hydrogen-bond donors (Lipinski definition) is 5. The number of halogens is 2. The zero-order valence-electron chi connectivity index (χ0n) is 26.6. The zero-order chi connectivity index (χ0) is 33.6. The summed E-state index contributed by atoms with van der Waals surface area (Å²) in [5.74, 6) is -1.86. The Balaban J connectivity index is 1.54. The lowest BCUT2D eigenvalue weighted by molar-refractivity contribution is -0.134. The first-order valence-corrected chi connectivity index (χ1v) is 16.5. The van der Waals surface area contributed by atoms with Gasteiger partial charge in [-0.2, -0.15) is 0 Å². The molecule has 250 valence electrons. The van der Waals surface area contributed by atoms with E-state index in [4.69, 9.17) is 27.9 Å². The number of alkyl carbamates (subject to hydrolysis) is 1. The van der Waals surface area contributed by atoms with Crippen molar-refractivity contribution in [2.45, 2.75) is 95.5 Å². The second-order valence-corrected chi connectivity index (χ2v) is 14.1. The predicted octanol–water partition coefficient (Wildman–Crippen LogP) is 4.80. The van der Waals surface area contributed by atoms with Crippen molar-refractivity contribution in [1.82, 2.24) is 21.3 Å². The van der Waals surface area contributed by atoms with Gasteiger partial charge in [0.15, 0.2) is 6.10 Å². The second-order valence-electron chi connectivity index (χ2n) is 13.3. The Labute approximate surface area is 280 Å². The van der Waals surface area contributed by atoms with E-state index in [1.807, 2.05) is 45.9 Å². The summed E-state index contributed by atoms with van der Waals surface area (Å²) in [7, 11) is 0. The number of ether oxygens (including phenoxy) is 1. The summed E-state index contributed by atoms with van der Waals surface area (Å²) in [6.45, 7) is 8.16. The molecule has 4 amide bonds. The summed E-state index contributed by atoms with van der Waals surface area (Å²) in [6, 6.07) is 12.2. The molecule has 4 rings (SSSR count). The van der Waals surface area contributed by atoms with Gasteiger partial charge in [0.2, 0.25) is 11.8 Å². The molecule has 1 saturated heterocycles. The van der Waals surface area contributed by atoms with Crippen LogP contribution in [0.3, 0.4) is 0 Å². The van der Waals surface area contributed by atoms with E-state index >= 15 is 0 Å². The number of carbonyl (C=O) groups excluding carboxylic acids is 4. The quantitative estimate of drug-likeness (QED) is 0.195. The largest absolute Gasteiger partial charge is 0.440 e. The summed E-state index contributed by atoms with van der Waals surface area (Å²) in [6.07, 6.45) is -0.689. The highest BCUT2D eigenvalue weighted by Gasteiger charge is 2.39. The molecule has 2 aliphatic rings. The van der Waals surface area contributed by atoms with Gasteiger partial charge in [0, 0.05) is 34.0 Å². The Hall–Kier alpha value is -3.34. The minimum Gasteiger partial charge on any atom is -0.440 e. The SMILES string of the molecule is CC(C)C[C@H](NC(=O)OC(c1ccc(Cl)cc1)C(C)(C)c1cccc(Cl)c1)C(=O)N[C@@H](C[C@@H]1CCNC1=O)C(O)C(=O)NC1CC1. The Morgan fingerprint density at radius 2 is 1.70 bits per heavy atom. The lowest BCUT2D eigenvalue weighted by Crippen LogP contribution is -2.56. The van der Waals surface area contributed by atoms with Crippen LogP contribution in [0.1, 0.15) is 77.0 Å². The molecule has 2 fully saturated rings. The number of nitrogens with one attached hydrogen (secondary N) is 4. The average Bonchev–Trinajstić information content (AvgIpc) is 3.73. The van der Waals surface area contributed by atoms with Gasteiger partial charge in [-0.3, -0.25) is 14.4 Å². The van der Waals surface area contributed by atoms with Crippen LogP contribution in [-0.4, -0.2) is 59.7 Å². The van der Waals surface area contributed by atoms with Crippen LogP contribution in [0.15, 0.2) is 48.5 Å². The fourth-order valence-corrected chi connectivity index (χ4v) is 6.04. The van der Waals surface area contributed by atoms with Crippen molar-refractivity contribution in [2.24, 2.45) is 11.8 Å². The standard InChI is InChI=1S/C34H44Cl2N4O6/c1-19(2)16-27(31(43)39-26(17-21-14-15-37-30(21)42)28(41)32(44)38-25-12-13-25)40-33(45)46-29(20-8-10-23(35)11-9-20)34(3,4)22-6-5-7-24(36)18-22/h5-11,18-19,21,25-29,41H,12-17H2,1-4H3,(H,37,42)(H,38,44)(H,39,43)(H,40,45)/t21-,26-,27-,28?,29?/m0/s1. The van der Waals surface area contributed by atoms with Crippen molar-refractivity contribution in [3.8, 4) is 0 Å². The fraction of sp³-hybridized carbons (Fsp3) is 0.529. The van der Waals surface area contributed by atoms with E-state index in [9.17, 15) is 24.3 Å². The molecule has 5 atom stereocenters. The lowest BCUT2D eigenvalue weighted by Gasteiger charge is -2.35. The van der Waals surface area contributed by atoms with E-state index in [0.29, 0.717) is 28.6 Å². The first-order valence-electron chi connectivity index (χ1n) is 15.8. The molecule has 0 radical (unpaired) electrons. The minimum atomic E-state index is -1.57. The first-order chi connectivity index (χ1) is 21.7. The van der Waals surface area contributed by atoms with E-state index in [1.54, 1.807) is 30.3 Å². The Morgan fingerprint density at radius 3 is 2.28 bits per heavy atom. The highest BCUT2D eigenvalue weighted by Crippen LogP contribution is 2.40. The third-order valence-electron chi connectivity index (χ3n) is 8.54. The number of amides is 4. The van der Waals surface area contributed by atoms with Crippen LogP contribution in [-0.2, 0) is 24.5 Å². The van der Waals surface area contributed by atoms with Crippen LogP contribution in [0.25, 0.3) is 0 Å². The Morgan fingerprint density at radius 1 is 1.00 bits per heavy atom. The summed E-state index contributed by atoms with van der Waals surface area (Å²) in [4.78, 5) is 52.5. The van der Waals surface area contributed by atoms with E-state index in [1.165, 1.54) is 0 Å². The third-order valence-corrected chi connectivity index (χ3v) is 9.03. The maximum absolute atomic E-state index is 13.7. The smallest absolute Gasteiger partial charge is 0.408 e. The van der Waals surface area contributed by atoms with E-state index in [-0.39, 0.29) is 30.7 Å². The lowest BCUT2D eigenvalue weighted by atomic mass is 9.76. The van der Waals surface area contributed by atoms with Crippen molar-refractivity contribution in [2.75, 3.05) is 6.54 Å². The van der Waals surface area contributed by atoms with Gasteiger partial charge in [-0.05, 0) is 73.4 Å². The molecular formula is C34H44Cl2N4O6. The monoisotopic (exact) mass is 674 g/mol. The van der Waals surface area contributed by atoms with Crippen LogP contribution < -0.4 is 21.3 Å². The maximum atomic E-state index is 13.7. The topological polar surface area (TPSA) is 146 Å². The Bertz CT molecular complexity index is 1400. The Kier molecular flexibility index (Phi) is 12.0. The molecule has 12 heteroatoms. The highest BCUT2D eigenvalue weighted by molar-refractivity contribution is 6.30. The molecule has 1 heterocycles. The first kappa shape index (κ1) is 35.5. The summed E-state index contributed by atoms with van der Waals surface area (Å²) >= 11 is 12.5. The van der Waals surface area contributed by atoms with Gasteiger partial charge in [0.25, 0.3) is 5.91 Å². The second kappa shape index (κ2) is 15.5. The number of rotatable bonds is 14. The number of aliphatic hydroxyl groups excluding tert-OH is 1. The van der Waals surface area contributed by atoms with Crippen molar-refractivity contribution in [1.29, 1.82) is 0 Å². The highest BCUT2D eigenvalue weighted by atomic mass is 35.5. The van der Waals surface area contributed by atoms with Crippen molar-refractivity contribution >= 4 is 47.0 Å². The van der Waals surface area contributed by atoms with Crippen LogP contribution in [0, 0.1) is 11.8 Å². The molecule has 2 unspecified atom stereocenters. The van der Waals surface area contributed by atoms with Crippen molar-refractivity contribution in [3.63, 3.8) is 0 Å². The fourth-order valence-electron chi connectivity index (χ4n) is 5.72. The van der Waals surface area contributed by atoms with Crippen molar-refractivity contribution in [3.05, 3.63) is 69.7 Å². The molecule has 1 saturated carbocycles. The summed E-state index contributed by atoms with van der Waals surface area (Å²) in [5.41, 5.74) is 0.772. The molecule has 1 aliphatic heterocycles. The molecule has 2 aromatic carbocycles. The van der Waals surface area contributed by atoms with Crippen LogP contribution in [0.4, 0.5) is 4.79 Å². The van der Waals surface area contributed by atoms with Crippen LogP contribution in [0.2, 0.25) is 10.0 Å². The average molecular weight is 676 g/mol. The molecule has 10 nitrogen and oxygen atoms in total. The van der Waals surface area contributed by atoms with E-state index < -0.39 is 53.5 Å². The maximum Gasteiger partial charge on any atom is 0.408 e. The summed E-state index contributed by atoms with van der Waals surface area (Å²) in [5, 5.41) is 23.1. The molecule has 46 heavy (non-hydrogen) atoms. The van der Waals surface area contributed by atoms with Gasteiger partial charge in [-0.15, -0.1) is 0 Å². The van der Waals surface area contributed by atoms with Crippen LogP contribution in [0.5, 0.6) is 0 Å². The van der Waals surface area contributed by atoms with Gasteiger partial charge < -0.3 is 31.1 Å². The summed E-state index contributed by atoms with van der Waals surface area (Å²) < 4.78 is 6.08. The molecule has 2 aromatic rings. The number of aliphatic hydroxyl groups is 1. The molecule has 0 spiro atoms. The van der Waals surface area contributed by atoms with Gasteiger partial charge in [-0.25, -0.2) is 4.79 Å². The zero-order valence-corrected chi connectivity index (χ0v) is 28.2. The number of hydrogen-bond acceptors (Lipinski definition) is 6. The van der Waals surface area contributed by atoms with Crippen LogP contribution >= 0.6 is 23.2 Å². The van der Waals surface area contributed by atoms with E-state index in [0.717, 1.165) is 18.4 Å². The minimum absolute atomic E-state index is 0.00292. The number of carbonyl (C=O) groups is 4. The normalized spacial score (nSPS) is 19.0. The third kappa shape index (κ3) is 9.59. The predicted molar refractivity (Wildman–Crippen MR) is 176 cm³/mol. The van der Waals surface area contributed by atoms with Gasteiger partial charge >= 0.3 is 6.09 Å². The molecular weight excluding hydrogens is 631 g/mol.